The first-order chi connectivity index (χ1) is 12.0. The molecule has 6 nitrogen and oxygen atoms in total. The van der Waals surface area contributed by atoms with Gasteiger partial charge in [-0.25, -0.2) is 0 Å². The fourth-order valence-corrected chi connectivity index (χ4v) is 2.53. The molecule has 0 saturated heterocycles. The molecule has 25 heavy (non-hydrogen) atoms. The number of carbonyl (C=O) groups excluding carboxylic acids is 1. The maximum atomic E-state index is 12.0. The van der Waals surface area contributed by atoms with Crippen LogP contribution in [0, 0.1) is 0 Å². The number of benzene rings is 1. The monoisotopic (exact) mass is 364 g/mol. The van der Waals surface area contributed by atoms with E-state index < -0.39 is 5.97 Å². The summed E-state index contributed by atoms with van der Waals surface area (Å²) in [4.78, 5) is 24.4. The van der Waals surface area contributed by atoms with Crippen molar-refractivity contribution in [2.45, 2.75) is 19.9 Å². The normalized spacial score (nSPS) is 10.8. The highest BCUT2D eigenvalue weighted by atomic mass is 35.5. The molecule has 2 N–H and O–H groups in total. The van der Waals surface area contributed by atoms with Crippen molar-refractivity contribution in [1.29, 1.82) is 0 Å². The zero-order chi connectivity index (χ0) is 18.2. The molecule has 0 spiro atoms. The number of aliphatic carboxylic acids is 1. The SMILES string of the molecule is CCCN(CC(=O)O)CC(=O)NCc1ccc(-c2ccc(Cl)cc2)o1. The lowest BCUT2D eigenvalue weighted by molar-refractivity contribution is -0.138. The maximum absolute atomic E-state index is 12.0. The lowest BCUT2D eigenvalue weighted by Gasteiger charge is -2.18. The smallest absolute Gasteiger partial charge is 0.317 e. The molecule has 0 aliphatic heterocycles. The Balaban J connectivity index is 1.87. The Labute approximate surface area is 151 Å². The van der Waals surface area contributed by atoms with Gasteiger partial charge in [-0.05, 0) is 49.4 Å². The van der Waals surface area contributed by atoms with Gasteiger partial charge in [-0.3, -0.25) is 14.5 Å². The Bertz CT molecular complexity index is 712. The van der Waals surface area contributed by atoms with Crippen LogP contribution in [-0.4, -0.2) is 41.5 Å². The Morgan fingerprint density at radius 2 is 1.88 bits per heavy atom. The van der Waals surface area contributed by atoms with Crippen molar-refractivity contribution in [1.82, 2.24) is 10.2 Å². The largest absolute Gasteiger partial charge is 0.480 e. The highest BCUT2D eigenvalue weighted by molar-refractivity contribution is 6.30. The van der Waals surface area contributed by atoms with Gasteiger partial charge in [-0.1, -0.05) is 18.5 Å². The second-order valence-electron chi connectivity index (χ2n) is 5.65. The van der Waals surface area contributed by atoms with Gasteiger partial charge in [0.1, 0.15) is 11.5 Å². The predicted octanol–water partition coefficient (Wildman–Crippen LogP) is 3.01. The molecule has 1 amide bonds. The van der Waals surface area contributed by atoms with E-state index in [0.717, 1.165) is 12.0 Å². The molecule has 0 saturated carbocycles. The third-order valence-electron chi connectivity index (χ3n) is 3.52. The topological polar surface area (TPSA) is 82.8 Å². The van der Waals surface area contributed by atoms with Gasteiger partial charge in [0, 0.05) is 10.6 Å². The van der Waals surface area contributed by atoms with Gasteiger partial charge in [-0.2, -0.15) is 0 Å². The van der Waals surface area contributed by atoms with E-state index in [1.165, 1.54) is 0 Å². The number of furan rings is 1. The molecule has 1 aromatic carbocycles. The quantitative estimate of drug-likeness (QED) is 0.714. The van der Waals surface area contributed by atoms with Gasteiger partial charge < -0.3 is 14.8 Å². The minimum atomic E-state index is -0.945. The second kappa shape index (κ2) is 9.25. The van der Waals surface area contributed by atoms with E-state index in [-0.39, 0.29) is 25.5 Å². The van der Waals surface area contributed by atoms with Crippen LogP contribution in [0.4, 0.5) is 0 Å². The Hall–Kier alpha value is -2.31. The number of nitrogens with zero attached hydrogens (tertiary/aromatic N) is 1. The van der Waals surface area contributed by atoms with Gasteiger partial charge in [0.15, 0.2) is 0 Å². The molecule has 7 heteroatoms. The van der Waals surface area contributed by atoms with Crippen LogP contribution in [0.1, 0.15) is 19.1 Å². The predicted molar refractivity (Wildman–Crippen MR) is 95.4 cm³/mol. The first kappa shape index (κ1) is 19.0. The molecule has 0 fully saturated rings. The van der Waals surface area contributed by atoms with Crippen LogP contribution in [0.25, 0.3) is 11.3 Å². The van der Waals surface area contributed by atoms with Crippen molar-refractivity contribution in [3.63, 3.8) is 0 Å². The van der Waals surface area contributed by atoms with E-state index in [1.807, 2.05) is 25.1 Å². The molecule has 0 aliphatic rings. The number of carbonyl (C=O) groups is 2. The molecule has 0 unspecified atom stereocenters. The second-order valence-corrected chi connectivity index (χ2v) is 6.09. The van der Waals surface area contributed by atoms with E-state index in [0.29, 0.717) is 23.1 Å². The average Bonchev–Trinajstić information content (AvgIpc) is 3.02. The lowest BCUT2D eigenvalue weighted by atomic mass is 10.2. The molecule has 2 rings (SSSR count). The molecule has 2 aromatic rings. The average molecular weight is 365 g/mol. The molecule has 0 atom stereocenters. The highest BCUT2D eigenvalue weighted by Crippen LogP contribution is 2.23. The van der Waals surface area contributed by atoms with Crippen molar-refractivity contribution in [2.75, 3.05) is 19.6 Å². The van der Waals surface area contributed by atoms with Crippen LogP contribution in [0.15, 0.2) is 40.8 Å². The van der Waals surface area contributed by atoms with E-state index >= 15 is 0 Å². The van der Waals surface area contributed by atoms with Crippen LogP contribution in [0.2, 0.25) is 5.02 Å². The van der Waals surface area contributed by atoms with Gasteiger partial charge >= 0.3 is 5.97 Å². The van der Waals surface area contributed by atoms with Crippen LogP contribution >= 0.6 is 11.6 Å². The minimum Gasteiger partial charge on any atom is -0.480 e. The molecule has 1 heterocycles. The van der Waals surface area contributed by atoms with Crippen LogP contribution in [0.5, 0.6) is 0 Å². The summed E-state index contributed by atoms with van der Waals surface area (Å²) in [5.41, 5.74) is 0.901. The Morgan fingerprint density at radius 3 is 2.52 bits per heavy atom. The maximum Gasteiger partial charge on any atom is 0.317 e. The van der Waals surface area contributed by atoms with Crippen molar-refractivity contribution in [3.8, 4) is 11.3 Å². The van der Waals surface area contributed by atoms with E-state index in [2.05, 4.69) is 5.32 Å². The summed E-state index contributed by atoms with van der Waals surface area (Å²) in [7, 11) is 0. The van der Waals surface area contributed by atoms with Crippen LogP contribution in [0.3, 0.4) is 0 Å². The molecule has 134 valence electrons. The van der Waals surface area contributed by atoms with Crippen molar-refractivity contribution in [2.24, 2.45) is 0 Å². The summed E-state index contributed by atoms with van der Waals surface area (Å²) in [6, 6.07) is 10.9. The number of hydrogen-bond donors (Lipinski definition) is 2. The first-order valence-corrected chi connectivity index (χ1v) is 8.41. The summed E-state index contributed by atoms with van der Waals surface area (Å²) in [5, 5.41) is 12.3. The molecule has 0 bridgehead atoms. The minimum absolute atomic E-state index is 0.0465. The standard InChI is InChI=1S/C18H21ClN2O4/c1-2-9-21(12-18(23)24)11-17(22)20-10-15-7-8-16(25-15)13-3-5-14(19)6-4-13/h3-8H,2,9-12H2,1H3,(H,20,22)(H,23,24). The summed E-state index contributed by atoms with van der Waals surface area (Å²) < 4.78 is 5.71. The summed E-state index contributed by atoms with van der Waals surface area (Å²) >= 11 is 5.87. The van der Waals surface area contributed by atoms with E-state index in [4.69, 9.17) is 21.1 Å². The van der Waals surface area contributed by atoms with E-state index in [9.17, 15) is 9.59 Å². The van der Waals surface area contributed by atoms with Gasteiger partial charge in [0.25, 0.3) is 0 Å². The van der Waals surface area contributed by atoms with Crippen LogP contribution < -0.4 is 5.32 Å². The number of hydrogen-bond acceptors (Lipinski definition) is 4. The number of nitrogens with one attached hydrogen (secondary N) is 1. The molecule has 0 aliphatic carbocycles. The molecular weight excluding hydrogens is 344 g/mol. The fraction of sp³-hybridized carbons (Fsp3) is 0.333. The zero-order valence-corrected chi connectivity index (χ0v) is 14.8. The number of rotatable bonds is 9. The van der Waals surface area contributed by atoms with Crippen molar-refractivity contribution < 1.29 is 19.1 Å². The summed E-state index contributed by atoms with van der Waals surface area (Å²) in [5.74, 6) is 0.136. The fourth-order valence-electron chi connectivity index (χ4n) is 2.41. The molecule has 1 aromatic heterocycles. The van der Waals surface area contributed by atoms with Crippen LogP contribution in [-0.2, 0) is 16.1 Å². The van der Waals surface area contributed by atoms with Gasteiger partial charge in [-0.15, -0.1) is 0 Å². The van der Waals surface area contributed by atoms with Crippen molar-refractivity contribution in [3.05, 3.63) is 47.2 Å². The number of carboxylic acid groups (broad SMARTS) is 1. The molecule has 0 radical (unpaired) electrons. The number of carboxylic acids is 1. The third kappa shape index (κ3) is 6.25. The Morgan fingerprint density at radius 1 is 1.16 bits per heavy atom. The third-order valence-corrected chi connectivity index (χ3v) is 3.77. The Kier molecular flexibility index (Phi) is 7.03. The van der Waals surface area contributed by atoms with Crippen molar-refractivity contribution >= 4 is 23.5 Å². The lowest BCUT2D eigenvalue weighted by Crippen LogP contribution is -2.39. The molecular formula is C18H21ClN2O4. The highest BCUT2D eigenvalue weighted by Gasteiger charge is 2.13. The number of halogens is 1. The van der Waals surface area contributed by atoms with E-state index in [1.54, 1.807) is 23.1 Å². The van der Waals surface area contributed by atoms with Gasteiger partial charge in [0.2, 0.25) is 5.91 Å². The van der Waals surface area contributed by atoms with Gasteiger partial charge in [0.05, 0.1) is 19.6 Å². The number of amides is 1. The zero-order valence-electron chi connectivity index (χ0n) is 14.0. The summed E-state index contributed by atoms with van der Waals surface area (Å²) in [6.45, 7) is 2.64. The summed E-state index contributed by atoms with van der Waals surface area (Å²) in [6.07, 6.45) is 0.781. The first-order valence-electron chi connectivity index (χ1n) is 8.03.